The summed E-state index contributed by atoms with van der Waals surface area (Å²) in [5, 5.41) is 3.13. The number of hydrogen-bond acceptors (Lipinski definition) is 5. The molecule has 0 saturated heterocycles. The summed E-state index contributed by atoms with van der Waals surface area (Å²) in [5.74, 6) is 1.19. The Morgan fingerprint density at radius 1 is 1.15 bits per heavy atom. The molecule has 1 aliphatic rings. The number of nitrogens with one attached hydrogen (secondary N) is 1. The van der Waals surface area contributed by atoms with Crippen molar-refractivity contribution in [1.82, 2.24) is 14.9 Å². The zero-order valence-electron chi connectivity index (χ0n) is 15.2. The topological polar surface area (TPSA) is 50.3 Å². The van der Waals surface area contributed by atoms with Gasteiger partial charge in [0.2, 0.25) is 5.95 Å². The lowest BCUT2D eigenvalue weighted by Gasteiger charge is -2.28. The van der Waals surface area contributed by atoms with Gasteiger partial charge in [-0.1, -0.05) is 18.2 Å². The molecule has 3 aromatic rings. The second-order valence-electron chi connectivity index (χ2n) is 6.57. The predicted octanol–water partition coefficient (Wildman–Crippen LogP) is 3.93. The Morgan fingerprint density at radius 2 is 1.96 bits per heavy atom. The third-order valence-corrected chi connectivity index (χ3v) is 4.70. The molecular formula is C21H21FN4O. The van der Waals surface area contributed by atoms with Gasteiger partial charge in [-0.3, -0.25) is 4.90 Å². The first kappa shape index (κ1) is 17.4. The van der Waals surface area contributed by atoms with Gasteiger partial charge in [-0.15, -0.1) is 0 Å². The number of halogens is 1. The van der Waals surface area contributed by atoms with Gasteiger partial charge < -0.3 is 10.1 Å². The van der Waals surface area contributed by atoms with Crippen molar-refractivity contribution in [1.29, 1.82) is 0 Å². The van der Waals surface area contributed by atoms with E-state index in [2.05, 4.69) is 26.3 Å². The quantitative estimate of drug-likeness (QED) is 0.743. The van der Waals surface area contributed by atoms with Gasteiger partial charge in [0.1, 0.15) is 11.6 Å². The lowest BCUT2D eigenvalue weighted by molar-refractivity contribution is 0.239. The number of fused-ring (bicyclic) bond motifs is 1. The van der Waals surface area contributed by atoms with Crippen LogP contribution in [0.4, 0.5) is 16.0 Å². The first-order valence-electron chi connectivity index (χ1n) is 8.93. The fourth-order valence-corrected chi connectivity index (χ4v) is 3.31. The van der Waals surface area contributed by atoms with E-state index in [1.165, 1.54) is 17.7 Å². The average Bonchev–Trinajstić information content (AvgIpc) is 2.70. The molecule has 1 N–H and O–H groups in total. The molecule has 5 nitrogen and oxygen atoms in total. The van der Waals surface area contributed by atoms with Gasteiger partial charge in [0, 0.05) is 49.1 Å². The second-order valence-corrected chi connectivity index (χ2v) is 6.57. The van der Waals surface area contributed by atoms with Crippen LogP contribution < -0.4 is 10.1 Å². The van der Waals surface area contributed by atoms with E-state index >= 15 is 0 Å². The molecule has 0 aliphatic carbocycles. The molecule has 1 aliphatic heterocycles. The minimum atomic E-state index is -0.262. The second kappa shape index (κ2) is 7.72. The zero-order chi connectivity index (χ0) is 18.6. The molecule has 0 atom stereocenters. The highest BCUT2D eigenvalue weighted by atomic mass is 19.1. The van der Waals surface area contributed by atoms with Crippen LogP contribution in [0.2, 0.25) is 0 Å². The van der Waals surface area contributed by atoms with Crippen molar-refractivity contribution in [2.45, 2.75) is 19.5 Å². The van der Waals surface area contributed by atoms with Crippen molar-refractivity contribution in [2.24, 2.45) is 0 Å². The number of rotatable bonds is 5. The van der Waals surface area contributed by atoms with E-state index < -0.39 is 0 Å². The van der Waals surface area contributed by atoms with Crippen LogP contribution in [-0.2, 0) is 19.5 Å². The van der Waals surface area contributed by atoms with Crippen molar-refractivity contribution in [3.63, 3.8) is 0 Å². The molecule has 1 aromatic heterocycles. The summed E-state index contributed by atoms with van der Waals surface area (Å²) in [7, 11) is 1.70. The molecule has 6 heteroatoms. The number of methoxy groups -OCH3 is 1. The SMILES string of the molecule is COc1ccccc1CN1CCc2nc(Nc3ccc(F)cc3)ncc2C1. The minimum Gasteiger partial charge on any atom is -0.496 e. The lowest BCUT2D eigenvalue weighted by atomic mass is 10.1. The summed E-state index contributed by atoms with van der Waals surface area (Å²) in [6, 6.07) is 14.3. The van der Waals surface area contributed by atoms with E-state index in [1.54, 1.807) is 19.2 Å². The van der Waals surface area contributed by atoms with Crippen LogP contribution in [-0.4, -0.2) is 28.5 Å². The van der Waals surface area contributed by atoms with Crippen LogP contribution in [0.1, 0.15) is 16.8 Å². The Labute approximate surface area is 157 Å². The van der Waals surface area contributed by atoms with Crippen molar-refractivity contribution >= 4 is 11.6 Å². The maximum atomic E-state index is 13.0. The number of benzene rings is 2. The van der Waals surface area contributed by atoms with Gasteiger partial charge >= 0.3 is 0 Å². The highest BCUT2D eigenvalue weighted by Gasteiger charge is 2.19. The van der Waals surface area contributed by atoms with Crippen LogP contribution in [0, 0.1) is 5.82 Å². The molecule has 0 amide bonds. The summed E-state index contributed by atoms with van der Waals surface area (Å²) in [4.78, 5) is 11.4. The summed E-state index contributed by atoms with van der Waals surface area (Å²) in [5.41, 5.74) is 4.15. The highest BCUT2D eigenvalue weighted by molar-refractivity contribution is 5.53. The third-order valence-electron chi connectivity index (χ3n) is 4.70. The molecule has 27 heavy (non-hydrogen) atoms. The number of nitrogens with zero attached hydrogens (tertiary/aromatic N) is 3. The molecule has 0 radical (unpaired) electrons. The molecule has 2 heterocycles. The van der Waals surface area contributed by atoms with Crippen molar-refractivity contribution in [3.05, 3.63) is 77.4 Å². The number of hydrogen-bond donors (Lipinski definition) is 1. The summed E-state index contributed by atoms with van der Waals surface area (Å²) in [6.07, 6.45) is 2.74. The Hall–Kier alpha value is -2.99. The molecule has 138 valence electrons. The number of aromatic nitrogens is 2. The summed E-state index contributed by atoms with van der Waals surface area (Å²) >= 11 is 0. The van der Waals surface area contributed by atoms with Gasteiger partial charge in [-0.25, -0.2) is 14.4 Å². The average molecular weight is 364 g/mol. The van der Waals surface area contributed by atoms with Crippen LogP contribution in [0.25, 0.3) is 0 Å². The first-order chi connectivity index (χ1) is 13.2. The van der Waals surface area contributed by atoms with Crippen LogP contribution in [0.5, 0.6) is 5.75 Å². The molecule has 0 fully saturated rings. The van der Waals surface area contributed by atoms with Gasteiger partial charge in [0.05, 0.1) is 12.8 Å². The molecule has 0 saturated carbocycles. The fourth-order valence-electron chi connectivity index (χ4n) is 3.31. The molecule has 0 spiro atoms. The summed E-state index contributed by atoms with van der Waals surface area (Å²) < 4.78 is 18.5. The van der Waals surface area contributed by atoms with E-state index in [-0.39, 0.29) is 5.82 Å². The van der Waals surface area contributed by atoms with Crippen molar-refractivity contribution < 1.29 is 9.13 Å². The number of anilines is 2. The standard InChI is InChI=1S/C21H21FN4O/c1-27-20-5-3-2-4-15(20)13-26-11-10-19-16(14-26)12-23-21(25-19)24-18-8-6-17(22)7-9-18/h2-9,12H,10-11,13-14H2,1H3,(H,23,24,25). The maximum Gasteiger partial charge on any atom is 0.227 e. The predicted molar refractivity (Wildman–Crippen MR) is 103 cm³/mol. The van der Waals surface area contributed by atoms with Crippen LogP contribution in [0.15, 0.2) is 54.7 Å². The van der Waals surface area contributed by atoms with Gasteiger partial charge in [-0.2, -0.15) is 0 Å². The maximum absolute atomic E-state index is 13.0. The molecule has 0 bridgehead atoms. The Bertz CT molecular complexity index is 930. The van der Waals surface area contributed by atoms with Crippen LogP contribution in [0.3, 0.4) is 0 Å². The van der Waals surface area contributed by atoms with E-state index in [4.69, 9.17) is 4.74 Å². The molecule has 0 unspecified atom stereocenters. The van der Waals surface area contributed by atoms with E-state index in [0.29, 0.717) is 5.95 Å². The molecule has 4 rings (SSSR count). The van der Waals surface area contributed by atoms with Gasteiger partial charge in [-0.05, 0) is 30.3 Å². The smallest absolute Gasteiger partial charge is 0.227 e. The van der Waals surface area contributed by atoms with E-state index in [9.17, 15) is 4.39 Å². The van der Waals surface area contributed by atoms with E-state index in [1.807, 2.05) is 24.4 Å². The largest absolute Gasteiger partial charge is 0.496 e. The Morgan fingerprint density at radius 3 is 2.78 bits per heavy atom. The minimum absolute atomic E-state index is 0.262. The highest BCUT2D eigenvalue weighted by Crippen LogP contribution is 2.24. The summed E-state index contributed by atoms with van der Waals surface area (Å²) in [6.45, 7) is 2.57. The van der Waals surface area contributed by atoms with Crippen molar-refractivity contribution in [2.75, 3.05) is 19.0 Å². The number of ether oxygens (including phenoxy) is 1. The van der Waals surface area contributed by atoms with Gasteiger partial charge in [0.15, 0.2) is 0 Å². The fraction of sp³-hybridized carbons (Fsp3) is 0.238. The van der Waals surface area contributed by atoms with Gasteiger partial charge in [0.25, 0.3) is 0 Å². The zero-order valence-corrected chi connectivity index (χ0v) is 15.2. The normalized spacial score (nSPS) is 13.9. The third kappa shape index (κ3) is 4.06. The molecular weight excluding hydrogens is 343 g/mol. The monoisotopic (exact) mass is 364 g/mol. The first-order valence-corrected chi connectivity index (χ1v) is 8.93. The van der Waals surface area contributed by atoms with Crippen molar-refractivity contribution in [3.8, 4) is 5.75 Å². The van der Waals surface area contributed by atoms with Crippen LogP contribution >= 0.6 is 0 Å². The Kier molecular flexibility index (Phi) is 4.98. The van der Waals surface area contributed by atoms with E-state index in [0.717, 1.165) is 48.7 Å². The Balaban J connectivity index is 1.45. The molecule has 2 aromatic carbocycles. The lowest BCUT2D eigenvalue weighted by Crippen LogP contribution is -2.31. The number of para-hydroxylation sites is 1.